The van der Waals surface area contributed by atoms with Crippen LogP contribution in [0, 0.1) is 0 Å². The summed E-state index contributed by atoms with van der Waals surface area (Å²) in [4.78, 5) is 2.43. The average molecular weight is 287 g/mol. The highest BCUT2D eigenvalue weighted by Gasteiger charge is 2.19. The number of aryl methyl sites for hydroxylation is 1. The second kappa shape index (κ2) is 5.29. The van der Waals surface area contributed by atoms with Gasteiger partial charge in [0.25, 0.3) is 0 Å². The SMILES string of the molecule is CN(Cc1c(Br)cnn1C)C1CCNCC1. The third-order valence-corrected chi connectivity index (χ3v) is 4.00. The first-order valence-corrected chi connectivity index (χ1v) is 6.55. The molecular formula is C11H19BrN4. The average Bonchev–Trinajstić information content (AvgIpc) is 2.62. The summed E-state index contributed by atoms with van der Waals surface area (Å²) in [6.07, 6.45) is 4.35. The van der Waals surface area contributed by atoms with E-state index < -0.39 is 0 Å². The Kier molecular flexibility index (Phi) is 4.00. The third kappa shape index (κ3) is 2.64. The molecule has 0 saturated carbocycles. The Balaban J connectivity index is 1.98. The molecule has 4 nitrogen and oxygen atoms in total. The van der Waals surface area contributed by atoms with E-state index in [1.807, 2.05) is 17.9 Å². The van der Waals surface area contributed by atoms with Crippen LogP contribution in [-0.2, 0) is 13.6 Å². The minimum atomic E-state index is 0.697. The molecule has 90 valence electrons. The Bertz CT molecular complexity index is 324. The first-order chi connectivity index (χ1) is 7.68. The van der Waals surface area contributed by atoms with Gasteiger partial charge >= 0.3 is 0 Å². The van der Waals surface area contributed by atoms with E-state index in [2.05, 4.69) is 38.3 Å². The van der Waals surface area contributed by atoms with Crippen LogP contribution in [0.3, 0.4) is 0 Å². The molecule has 0 amide bonds. The van der Waals surface area contributed by atoms with Crippen molar-refractivity contribution < 1.29 is 0 Å². The molecule has 16 heavy (non-hydrogen) atoms. The summed E-state index contributed by atoms with van der Waals surface area (Å²) >= 11 is 3.55. The Labute approximate surface area is 105 Å². The van der Waals surface area contributed by atoms with Gasteiger partial charge in [0.2, 0.25) is 0 Å². The summed E-state index contributed by atoms with van der Waals surface area (Å²) in [5, 5.41) is 7.64. The van der Waals surface area contributed by atoms with E-state index in [0.717, 1.165) is 24.1 Å². The summed E-state index contributed by atoms with van der Waals surface area (Å²) in [5.74, 6) is 0. The van der Waals surface area contributed by atoms with Gasteiger partial charge in [-0.2, -0.15) is 5.10 Å². The topological polar surface area (TPSA) is 33.1 Å². The molecule has 0 atom stereocenters. The number of nitrogens with zero attached hydrogens (tertiary/aromatic N) is 3. The van der Waals surface area contributed by atoms with Gasteiger partial charge in [-0.3, -0.25) is 9.58 Å². The van der Waals surface area contributed by atoms with Crippen LogP contribution in [0.1, 0.15) is 18.5 Å². The highest BCUT2D eigenvalue weighted by atomic mass is 79.9. The molecule has 5 heteroatoms. The van der Waals surface area contributed by atoms with Gasteiger partial charge in [-0.05, 0) is 48.9 Å². The third-order valence-electron chi connectivity index (χ3n) is 3.34. The van der Waals surface area contributed by atoms with Gasteiger partial charge in [-0.15, -0.1) is 0 Å². The molecular weight excluding hydrogens is 268 g/mol. The van der Waals surface area contributed by atoms with Gasteiger partial charge in [-0.1, -0.05) is 0 Å². The van der Waals surface area contributed by atoms with Crippen molar-refractivity contribution in [3.8, 4) is 0 Å². The van der Waals surface area contributed by atoms with Gasteiger partial charge in [0.05, 0.1) is 16.4 Å². The fraction of sp³-hybridized carbons (Fsp3) is 0.727. The van der Waals surface area contributed by atoms with Crippen LogP contribution in [0.15, 0.2) is 10.7 Å². The van der Waals surface area contributed by atoms with Crippen LogP contribution >= 0.6 is 15.9 Å². The van der Waals surface area contributed by atoms with Gasteiger partial charge in [0.1, 0.15) is 0 Å². The zero-order chi connectivity index (χ0) is 11.5. The van der Waals surface area contributed by atoms with Crippen molar-refractivity contribution in [2.45, 2.75) is 25.4 Å². The number of aromatic nitrogens is 2. The standard InChI is InChI=1S/C11H19BrN4/c1-15(9-3-5-13-6-4-9)8-11-10(12)7-14-16(11)2/h7,9,13H,3-6,8H2,1-2H3. The molecule has 1 aromatic heterocycles. The number of nitrogens with one attached hydrogen (secondary N) is 1. The van der Waals surface area contributed by atoms with Crippen molar-refractivity contribution in [3.05, 3.63) is 16.4 Å². The summed E-state index contributed by atoms with van der Waals surface area (Å²) in [7, 11) is 4.20. The molecule has 0 radical (unpaired) electrons. The Hall–Kier alpha value is -0.390. The molecule has 0 bridgehead atoms. The monoisotopic (exact) mass is 286 g/mol. The Morgan fingerprint density at radius 1 is 1.56 bits per heavy atom. The molecule has 1 aliphatic heterocycles. The lowest BCUT2D eigenvalue weighted by Crippen LogP contribution is -2.41. The lowest BCUT2D eigenvalue weighted by Gasteiger charge is -2.31. The van der Waals surface area contributed by atoms with E-state index >= 15 is 0 Å². The number of hydrogen-bond acceptors (Lipinski definition) is 3. The lowest BCUT2D eigenvalue weighted by atomic mass is 10.1. The number of halogens is 1. The Morgan fingerprint density at radius 2 is 2.25 bits per heavy atom. The van der Waals surface area contributed by atoms with Gasteiger partial charge < -0.3 is 5.32 Å². The maximum Gasteiger partial charge on any atom is 0.0663 e. The van der Waals surface area contributed by atoms with Crippen molar-refractivity contribution in [3.63, 3.8) is 0 Å². The lowest BCUT2D eigenvalue weighted by molar-refractivity contribution is 0.187. The highest BCUT2D eigenvalue weighted by Crippen LogP contribution is 2.19. The quantitative estimate of drug-likeness (QED) is 0.911. The van der Waals surface area contributed by atoms with E-state index in [9.17, 15) is 0 Å². The van der Waals surface area contributed by atoms with Gasteiger partial charge in [0.15, 0.2) is 0 Å². The van der Waals surface area contributed by atoms with Crippen LogP contribution in [0.2, 0.25) is 0 Å². The zero-order valence-electron chi connectivity index (χ0n) is 9.91. The van der Waals surface area contributed by atoms with Crippen molar-refractivity contribution in [1.82, 2.24) is 20.0 Å². The molecule has 0 unspecified atom stereocenters. The predicted octanol–water partition coefficient (Wildman–Crippen LogP) is 1.37. The first-order valence-electron chi connectivity index (χ1n) is 5.76. The van der Waals surface area contributed by atoms with E-state index in [0.29, 0.717) is 6.04 Å². The van der Waals surface area contributed by atoms with Crippen LogP contribution < -0.4 is 5.32 Å². The minimum Gasteiger partial charge on any atom is -0.317 e. The fourth-order valence-electron chi connectivity index (χ4n) is 2.23. The highest BCUT2D eigenvalue weighted by molar-refractivity contribution is 9.10. The smallest absolute Gasteiger partial charge is 0.0663 e. The fourth-order valence-corrected chi connectivity index (χ4v) is 2.70. The molecule has 2 heterocycles. The molecule has 1 aliphatic rings. The van der Waals surface area contributed by atoms with Crippen molar-refractivity contribution >= 4 is 15.9 Å². The summed E-state index contributed by atoms with van der Waals surface area (Å²) < 4.78 is 3.05. The van der Waals surface area contributed by atoms with Crippen LogP contribution in [0.4, 0.5) is 0 Å². The maximum atomic E-state index is 4.25. The van der Waals surface area contributed by atoms with E-state index in [1.165, 1.54) is 18.5 Å². The second-order valence-electron chi connectivity index (χ2n) is 4.46. The molecule has 0 aliphatic carbocycles. The van der Waals surface area contributed by atoms with Gasteiger partial charge in [-0.25, -0.2) is 0 Å². The molecule has 1 aromatic rings. The normalized spacial score (nSPS) is 18.2. The Morgan fingerprint density at radius 3 is 2.81 bits per heavy atom. The van der Waals surface area contributed by atoms with Crippen LogP contribution in [0.25, 0.3) is 0 Å². The van der Waals surface area contributed by atoms with E-state index in [4.69, 9.17) is 0 Å². The van der Waals surface area contributed by atoms with Crippen molar-refractivity contribution in [1.29, 1.82) is 0 Å². The molecule has 0 aromatic carbocycles. The zero-order valence-corrected chi connectivity index (χ0v) is 11.5. The predicted molar refractivity (Wildman–Crippen MR) is 68.3 cm³/mol. The van der Waals surface area contributed by atoms with Crippen LogP contribution in [-0.4, -0.2) is 40.9 Å². The van der Waals surface area contributed by atoms with Crippen LogP contribution in [0.5, 0.6) is 0 Å². The maximum absolute atomic E-state index is 4.25. The summed E-state index contributed by atoms with van der Waals surface area (Å²) in [5.41, 5.74) is 1.25. The second-order valence-corrected chi connectivity index (χ2v) is 5.31. The molecule has 1 N–H and O–H groups in total. The largest absolute Gasteiger partial charge is 0.317 e. The number of piperidine rings is 1. The minimum absolute atomic E-state index is 0.697. The molecule has 1 saturated heterocycles. The molecule has 1 fully saturated rings. The number of hydrogen-bond donors (Lipinski definition) is 1. The molecule has 0 spiro atoms. The first kappa shape index (κ1) is 12.1. The van der Waals surface area contributed by atoms with Crippen molar-refractivity contribution in [2.24, 2.45) is 7.05 Å². The van der Waals surface area contributed by atoms with Crippen molar-refractivity contribution in [2.75, 3.05) is 20.1 Å². The molecule has 2 rings (SSSR count). The summed E-state index contributed by atoms with van der Waals surface area (Å²) in [6.45, 7) is 3.24. The van der Waals surface area contributed by atoms with Gasteiger partial charge in [0, 0.05) is 19.6 Å². The summed E-state index contributed by atoms with van der Waals surface area (Å²) in [6, 6.07) is 0.697. The number of rotatable bonds is 3. The van der Waals surface area contributed by atoms with E-state index in [1.54, 1.807) is 0 Å². The van der Waals surface area contributed by atoms with E-state index in [-0.39, 0.29) is 0 Å².